The molecule has 2 aromatic carbocycles. The molecule has 0 spiro atoms. The number of fused-ring (bicyclic) bond motifs is 1. The molecule has 2 aliphatic heterocycles. The van der Waals surface area contributed by atoms with Crippen LogP contribution in [0, 0.1) is 0 Å². The highest BCUT2D eigenvalue weighted by Crippen LogP contribution is 2.45. The van der Waals surface area contributed by atoms with Crippen molar-refractivity contribution in [3.05, 3.63) is 71.3 Å². The van der Waals surface area contributed by atoms with Crippen LogP contribution in [0.5, 0.6) is 11.5 Å². The molecular weight excluding hydrogens is 445 g/mol. The summed E-state index contributed by atoms with van der Waals surface area (Å²) in [6, 6.07) is 10.4. The molecule has 6 radical (unpaired) electrons. The maximum atomic E-state index is 13.3. The van der Waals surface area contributed by atoms with Crippen molar-refractivity contribution in [2.75, 3.05) is 0 Å². The number of carbonyl (C=O) groups excluding carboxylic acids is 1. The van der Waals surface area contributed by atoms with Crippen LogP contribution in [0.1, 0.15) is 11.1 Å². The van der Waals surface area contributed by atoms with Gasteiger partial charge in [0.25, 0.3) is 0 Å². The molecule has 2 heterocycles. The number of rotatable bonds is 5. The molecule has 0 fully saturated rings. The van der Waals surface area contributed by atoms with Crippen molar-refractivity contribution in [1.82, 2.24) is 0 Å². The molecule has 0 amide bonds. The number of ether oxygens (including phenoxy) is 3. The predicted molar refractivity (Wildman–Crippen MR) is 107 cm³/mol. The van der Waals surface area contributed by atoms with Crippen LogP contribution in [0.4, 0.5) is 8.78 Å². The van der Waals surface area contributed by atoms with Gasteiger partial charge >= 0.3 is 16.4 Å². The normalized spacial score (nSPS) is 22.0. The van der Waals surface area contributed by atoms with Crippen LogP contribution < -0.4 is 15.2 Å². The van der Waals surface area contributed by atoms with Gasteiger partial charge in [-0.25, -0.2) is 0 Å². The topological polar surface area (TPSA) is 114 Å². The van der Waals surface area contributed by atoms with Gasteiger partial charge in [-0.05, 0) is 23.3 Å². The van der Waals surface area contributed by atoms with E-state index in [1.54, 1.807) is 6.07 Å². The van der Waals surface area contributed by atoms with Crippen molar-refractivity contribution in [2.24, 2.45) is 5.73 Å². The molecule has 8 nitrogen and oxygen atoms in total. The summed E-state index contributed by atoms with van der Waals surface area (Å²) in [5.74, 6) is -3.74. The van der Waals surface area contributed by atoms with Gasteiger partial charge in [0.15, 0.2) is 17.0 Å². The molecule has 32 heavy (non-hydrogen) atoms. The third-order valence-electron chi connectivity index (χ3n) is 4.70. The molecule has 2 aliphatic rings. The molecular formula is C18H10B3F2NO7S. The first-order valence-corrected chi connectivity index (χ1v) is 10.2. The Kier molecular flexibility index (Phi) is 4.78. The number of Topliss-reactive ketones (excluding diaryl/α,β-unsaturated/α-hetero) is 1. The highest BCUT2D eigenvalue weighted by molar-refractivity contribution is 7.90. The number of nitrogens with two attached hydrogens (primary N) is 1. The average molecular weight is 455 g/mol. The van der Waals surface area contributed by atoms with Gasteiger partial charge in [-0.2, -0.15) is 8.42 Å². The minimum atomic E-state index is -4.90. The molecule has 0 aliphatic carbocycles. The van der Waals surface area contributed by atoms with E-state index < -0.39 is 49.6 Å². The standard InChI is InChI=1S/C18H10B3F2NO7S/c19-16(10-6-7-11-12(8-10)29-18(22,23)28-11)14(25)13(15(24)30-16)31-32(26,27)17(20,21)9-4-2-1-3-5-9/h1-8H,24H2. The van der Waals surface area contributed by atoms with Crippen molar-refractivity contribution in [1.29, 1.82) is 0 Å². The number of benzene rings is 2. The van der Waals surface area contributed by atoms with E-state index in [0.29, 0.717) is 0 Å². The summed E-state index contributed by atoms with van der Waals surface area (Å²) in [6.07, 6.45) is -3.91. The Morgan fingerprint density at radius 1 is 1.00 bits per heavy atom. The molecule has 14 heteroatoms. The van der Waals surface area contributed by atoms with E-state index in [0.717, 1.165) is 18.2 Å². The summed E-state index contributed by atoms with van der Waals surface area (Å²) in [5, 5.41) is 0. The number of carbonyl (C=O) groups is 1. The van der Waals surface area contributed by atoms with Gasteiger partial charge in [-0.3, -0.25) is 4.79 Å². The number of alkyl halides is 2. The van der Waals surface area contributed by atoms with Gasteiger partial charge in [-0.15, -0.1) is 8.78 Å². The fourth-order valence-electron chi connectivity index (χ4n) is 3.02. The van der Waals surface area contributed by atoms with E-state index in [1.165, 1.54) is 24.3 Å². The SMILES string of the molecule is [B]C1(c2ccc3c(c2)OC(F)(F)O3)OC(N)=C(OS(=O)(=O)C([B])([B])c2ccccc2)C1=O. The fourth-order valence-corrected chi connectivity index (χ4v) is 3.96. The Balaban J connectivity index is 1.63. The lowest BCUT2D eigenvalue weighted by Crippen LogP contribution is -2.40. The fraction of sp³-hybridized carbons (Fsp3) is 0.167. The quantitative estimate of drug-likeness (QED) is 0.514. The first kappa shape index (κ1) is 22.1. The smallest absolute Gasteiger partial charge is 0.467 e. The van der Waals surface area contributed by atoms with Gasteiger partial charge in [-0.1, -0.05) is 36.4 Å². The third kappa shape index (κ3) is 3.38. The molecule has 0 aromatic heterocycles. The van der Waals surface area contributed by atoms with Crippen molar-refractivity contribution in [3.8, 4) is 11.5 Å². The molecule has 0 saturated carbocycles. The molecule has 0 bridgehead atoms. The van der Waals surface area contributed by atoms with Crippen LogP contribution in [-0.2, 0) is 33.9 Å². The van der Waals surface area contributed by atoms with E-state index in [1.807, 2.05) is 0 Å². The zero-order valence-electron chi connectivity index (χ0n) is 16.0. The average Bonchev–Trinajstić information content (AvgIpc) is 3.14. The highest BCUT2D eigenvalue weighted by Gasteiger charge is 2.51. The Morgan fingerprint density at radius 3 is 2.28 bits per heavy atom. The number of halogens is 2. The third-order valence-corrected chi connectivity index (χ3v) is 6.15. The van der Waals surface area contributed by atoms with Gasteiger partial charge in [0.2, 0.25) is 17.4 Å². The van der Waals surface area contributed by atoms with Crippen LogP contribution in [-0.4, -0.2) is 44.0 Å². The maximum absolute atomic E-state index is 13.3. The van der Waals surface area contributed by atoms with E-state index in [-0.39, 0.29) is 16.9 Å². The second-order valence-corrected chi connectivity index (χ2v) is 8.64. The lowest BCUT2D eigenvalue weighted by molar-refractivity contribution is -0.286. The summed E-state index contributed by atoms with van der Waals surface area (Å²) in [4.78, 5) is 12.9. The molecule has 1 unspecified atom stereocenters. The molecule has 1 atom stereocenters. The van der Waals surface area contributed by atoms with Gasteiger partial charge in [0.1, 0.15) is 7.85 Å². The summed E-state index contributed by atoms with van der Waals surface area (Å²) >= 11 is 0. The van der Waals surface area contributed by atoms with Gasteiger partial charge in [0.05, 0.1) is 20.2 Å². The number of hydrogen-bond acceptors (Lipinski definition) is 8. The maximum Gasteiger partial charge on any atom is 0.586 e. The first-order chi connectivity index (χ1) is 14.8. The summed E-state index contributed by atoms with van der Waals surface area (Å²) in [5.41, 5.74) is 2.99. The largest absolute Gasteiger partial charge is 0.586 e. The molecule has 4 rings (SSSR count). The van der Waals surface area contributed by atoms with Crippen LogP contribution in [0.3, 0.4) is 0 Å². The van der Waals surface area contributed by atoms with Gasteiger partial charge in [0, 0.05) is 0 Å². The monoisotopic (exact) mass is 455 g/mol. The lowest BCUT2D eigenvalue weighted by atomic mass is 9.65. The van der Waals surface area contributed by atoms with E-state index in [2.05, 4.69) is 9.47 Å². The lowest BCUT2D eigenvalue weighted by Gasteiger charge is -2.26. The van der Waals surface area contributed by atoms with Crippen LogP contribution in [0.25, 0.3) is 0 Å². The van der Waals surface area contributed by atoms with E-state index >= 15 is 0 Å². The summed E-state index contributed by atoms with van der Waals surface area (Å²) < 4.78 is 68.0. The number of hydrogen-bond donors (Lipinski definition) is 1. The van der Waals surface area contributed by atoms with Crippen molar-refractivity contribution >= 4 is 39.4 Å². The summed E-state index contributed by atoms with van der Waals surface area (Å²) in [7, 11) is 12.6. The minimum absolute atomic E-state index is 0.0405. The first-order valence-electron chi connectivity index (χ1n) is 8.77. The van der Waals surface area contributed by atoms with Crippen molar-refractivity contribution in [2.45, 2.75) is 16.3 Å². The summed E-state index contributed by atoms with van der Waals surface area (Å²) in [6.45, 7) is 0. The van der Waals surface area contributed by atoms with Crippen LogP contribution in [0.15, 0.2) is 60.2 Å². The van der Waals surface area contributed by atoms with Crippen molar-refractivity contribution < 1.29 is 40.4 Å². The van der Waals surface area contributed by atoms with Crippen LogP contribution in [0.2, 0.25) is 0 Å². The van der Waals surface area contributed by atoms with Crippen molar-refractivity contribution in [3.63, 3.8) is 0 Å². The Morgan fingerprint density at radius 2 is 1.62 bits per heavy atom. The van der Waals surface area contributed by atoms with E-state index in [9.17, 15) is 22.0 Å². The second kappa shape index (κ2) is 6.93. The number of ketones is 1. The molecule has 158 valence electrons. The molecule has 0 saturated heterocycles. The zero-order chi connectivity index (χ0) is 23.5. The minimum Gasteiger partial charge on any atom is -0.467 e. The Bertz CT molecular complexity index is 1250. The second-order valence-electron chi connectivity index (χ2n) is 6.89. The predicted octanol–water partition coefficient (Wildman–Crippen LogP) is 0.550. The van der Waals surface area contributed by atoms with Crippen LogP contribution >= 0.6 is 0 Å². The Labute approximate surface area is 185 Å². The molecule has 2 aromatic rings. The highest BCUT2D eigenvalue weighted by atomic mass is 32.2. The molecule has 2 N–H and O–H groups in total. The van der Waals surface area contributed by atoms with Gasteiger partial charge < -0.3 is 24.1 Å². The van der Waals surface area contributed by atoms with E-state index in [4.69, 9.17) is 38.2 Å². The Hall–Kier alpha value is -3.15. The zero-order valence-corrected chi connectivity index (χ0v) is 16.8.